The van der Waals surface area contributed by atoms with Gasteiger partial charge >= 0.3 is 0 Å². The van der Waals surface area contributed by atoms with E-state index in [0.29, 0.717) is 5.41 Å². The molecule has 0 amide bonds. The molecule has 3 heteroatoms. The monoisotopic (exact) mass is 282 g/mol. The van der Waals surface area contributed by atoms with Crippen LogP contribution in [0.5, 0.6) is 0 Å². The second-order valence-electron chi connectivity index (χ2n) is 6.22. The topological polar surface area (TPSA) is 41.1 Å². The maximum Gasteiger partial charge on any atom is 0.136 e. The molecule has 1 atom stereocenters. The molecule has 21 heavy (non-hydrogen) atoms. The first-order valence-electron chi connectivity index (χ1n) is 7.62. The lowest BCUT2D eigenvalue weighted by Gasteiger charge is -2.19. The minimum Gasteiger partial charge on any atom is -0.384 e. The van der Waals surface area contributed by atoms with E-state index in [9.17, 15) is 4.79 Å². The highest BCUT2D eigenvalue weighted by Crippen LogP contribution is 2.45. The third-order valence-corrected chi connectivity index (χ3v) is 4.38. The third-order valence-electron chi connectivity index (χ3n) is 4.38. The highest BCUT2D eigenvalue weighted by Gasteiger charge is 2.42. The van der Waals surface area contributed by atoms with Gasteiger partial charge in [-0.15, -0.1) is 0 Å². The Hall–Kier alpha value is -1.87. The van der Waals surface area contributed by atoms with E-state index in [1.54, 1.807) is 0 Å². The molecule has 0 heterocycles. The lowest BCUT2D eigenvalue weighted by atomic mass is 10.1. The molecule has 1 saturated carbocycles. The van der Waals surface area contributed by atoms with Crippen LogP contribution in [0.15, 0.2) is 42.5 Å². The van der Waals surface area contributed by atoms with Crippen LogP contribution in [0.2, 0.25) is 0 Å². The van der Waals surface area contributed by atoms with Crippen LogP contribution in [0.3, 0.4) is 0 Å². The molecule has 2 aromatic rings. The second-order valence-corrected chi connectivity index (χ2v) is 6.22. The molecule has 1 aliphatic rings. The maximum absolute atomic E-state index is 10.7. The number of anilines is 1. The van der Waals surface area contributed by atoms with E-state index in [1.165, 1.54) is 29.3 Å². The zero-order valence-electron chi connectivity index (χ0n) is 12.4. The normalized spacial score (nSPS) is 17.4. The third kappa shape index (κ3) is 3.42. The van der Waals surface area contributed by atoms with E-state index in [1.807, 2.05) is 6.92 Å². The summed E-state index contributed by atoms with van der Waals surface area (Å²) in [6.45, 7) is 3.78. The Morgan fingerprint density at radius 3 is 2.62 bits per heavy atom. The molecule has 1 fully saturated rings. The lowest BCUT2D eigenvalue weighted by Crippen LogP contribution is -2.35. The second kappa shape index (κ2) is 5.86. The van der Waals surface area contributed by atoms with Gasteiger partial charge < -0.3 is 15.4 Å². The Morgan fingerprint density at radius 2 is 1.90 bits per heavy atom. The van der Waals surface area contributed by atoms with Gasteiger partial charge in [0.2, 0.25) is 0 Å². The van der Waals surface area contributed by atoms with Crippen LogP contribution in [0, 0.1) is 5.41 Å². The number of hydrogen-bond acceptors (Lipinski definition) is 3. The largest absolute Gasteiger partial charge is 0.384 e. The van der Waals surface area contributed by atoms with Crippen molar-refractivity contribution in [2.45, 2.75) is 25.8 Å². The van der Waals surface area contributed by atoms with Crippen molar-refractivity contribution in [1.29, 1.82) is 0 Å². The summed E-state index contributed by atoms with van der Waals surface area (Å²) in [4.78, 5) is 10.7. The van der Waals surface area contributed by atoms with Crippen LogP contribution in [0.1, 0.15) is 19.8 Å². The molecule has 2 aromatic carbocycles. The first-order chi connectivity index (χ1) is 10.2. The molecule has 3 rings (SSSR count). The summed E-state index contributed by atoms with van der Waals surface area (Å²) >= 11 is 0. The van der Waals surface area contributed by atoms with Gasteiger partial charge in [-0.1, -0.05) is 30.3 Å². The van der Waals surface area contributed by atoms with Crippen molar-refractivity contribution in [3.63, 3.8) is 0 Å². The molecule has 0 saturated heterocycles. The summed E-state index contributed by atoms with van der Waals surface area (Å²) in [6, 6.07) is 14.8. The van der Waals surface area contributed by atoms with Crippen molar-refractivity contribution in [3.8, 4) is 0 Å². The number of carbonyl (C=O) groups is 1. The standard InChI is InChI=1S/C18H22N2O/c1-14(11-21)19-12-18(8-9-18)13-20-17-7-6-15-4-2-3-5-16(15)10-17/h2-7,10-11,14,19-20H,8-9,12-13H2,1H3. The molecule has 0 radical (unpaired) electrons. The van der Waals surface area contributed by atoms with Gasteiger partial charge in [-0.2, -0.15) is 0 Å². The van der Waals surface area contributed by atoms with E-state index in [4.69, 9.17) is 0 Å². The van der Waals surface area contributed by atoms with Crippen molar-refractivity contribution < 1.29 is 4.79 Å². The molecule has 0 bridgehead atoms. The van der Waals surface area contributed by atoms with Crippen molar-refractivity contribution >= 4 is 22.7 Å². The van der Waals surface area contributed by atoms with Gasteiger partial charge in [0, 0.05) is 24.2 Å². The average molecular weight is 282 g/mol. The number of fused-ring (bicyclic) bond motifs is 1. The van der Waals surface area contributed by atoms with Crippen LogP contribution >= 0.6 is 0 Å². The summed E-state index contributed by atoms with van der Waals surface area (Å²) in [5, 5.41) is 9.38. The molecule has 1 aliphatic carbocycles. The van der Waals surface area contributed by atoms with E-state index in [0.717, 1.165) is 19.4 Å². The molecule has 0 spiro atoms. The van der Waals surface area contributed by atoms with Gasteiger partial charge in [0.05, 0.1) is 6.04 Å². The lowest BCUT2D eigenvalue weighted by molar-refractivity contribution is -0.109. The number of aldehydes is 1. The minimum atomic E-state index is -0.0526. The summed E-state index contributed by atoms with van der Waals surface area (Å²) in [5.74, 6) is 0. The summed E-state index contributed by atoms with van der Waals surface area (Å²) in [6.07, 6.45) is 3.42. The Balaban J connectivity index is 1.59. The van der Waals surface area contributed by atoms with Crippen LogP contribution in [0.4, 0.5) is 5.69 Å². The molecule has 0 aromatic heterocycles. The summed E-state index contributed by atoms with van der Waals surface area (Å²) < 4.78 is 0. The van der Waals surface area contributed by atoms with Gasteiger partial charge in [0.25, 0.3) is 0 Å². The van der Waals surface area contributed by atoms with Crippen molar-refractivity contribution in [2.75, 3.05) is 18.4 Å². The summed E-state index contributed by atoms with van der Waals surface area (Å²) in [5.41, 5.74) is 1.49. The minimum absolute atomic E-state index is 0.0526. The Morgan fingerprint density at radius 1 is 1.14 bits per heavy atom. The van der Waals surface area contributed by atoms with Gasteiger partial charge in [-0.05, 0) is 42.7 Å². The fourth-order valence-corrected chi connectivity index (χ4v) is 2.61. The smallest absolute Gasteiger partial charge is 0.136 e. The maximum atomic E-state index is 10.7. The fraction of sp³-hybridized carbons (Fsp3) is 0.389. The van der Waals surface area contributed by atoms with Crippen LogP contribution in [-0.4, -0.2) is 25.4 Å². The van der Waals surface area contributed by atoms with E-state index in [2.05, 4.69) is 53.1 Å². The van der Waals surface area contributed by atoms with Crippen LogP contribution in [-0.2, 0) is 4.79 Å². The Labute approximate surface area is 125 Å². The predicted octanol–water partition coefficient (Wildman–Crippen LogP) is 3.21. The average Bonchev–Trinajstić information content (AvgIpc) is 3.31. The molecular formula is C18H22N2O. The van der Waals surface area contributed by atoms with E-state index in [-0.39, 0.29) is 6.04 Å². The fourth-order valence-electron chi connectivity index (χ4n) is 2.61. The van der Waals surface area contributed by atoms with Gasteiger partial charge in [-0.25, -0.2) is 0 Å². The molecule has 1 unspecified atom stereocenters. The van der Waals surface area contributed by atoms with Crippen LogP contribution in [0.25, 0.3) is 10.8 Å². The molecule has 2 N–H and O–H groups in total. The predicted molar refractivity (Wildman–Crippen MR) is 87.6 cm³/mol. The van der Waals surface area contributed by atoms with Gasteiger partial charge in [-0.3, -0.25) is 0 Å². The van der Waals surface area contributed by atoms with Gasteiger partial charge in [0.15, 0.2) is 0 Å². The molecule has 3 nitrogen and oxygen atoms in total. The zero-order chi connectivity index (χ0) is 14.7. The first-order valence-corrected chi connectivity index (χ1v) is 7.62. The highest BCUT2D eigenvalue weighted by molar-refractivity contribution is 5.85. The van der Waals surface area contributed by atoms with Gasteiger partial charge in [0.1, 0.15) is 6.29 Å². The highest BCUT2D eigenvalue weighted by atomic mass is 16.1. The molecular weight excluding hydrogens is 260 g/mol. The van der Waals surface area contributed by atoms with E-state index < -0.39 is 0 Å². The first kappa shape index (κ1) is 14.1. The Bertz CT molecular complexity index is 634. The zero-order valence-corrected chi connectivity index (χ0v) is 12.4. The van der Waals surface area contributed by atoms with Crippen molar-refractivity contribution in [2.24, 2.45) is 5.41 Å². The Kier molecular flexibility index (Phi) is 3.93. The number of nitrogens with one attached hydrogen (secondary N) is 2. The number of benzene rings is 2. The SMILES string of the molecule is CC(C=O)NCC1(CNc2ccc3ccccc3c2)CC1. The summed E-state index contributed by atoms with van der Waals surface area (Å²) in [7, 11) is 0. The van der Waals surface area contributed by atoms with Crippen molar-refractivity contribution in [1.82, 2.24) is 5.32 Å². The number of hydrogen-bond donors (Lipinski definition) is 2. The molecule has 110 valence electrons. The van der Waals surface area contributed by atoms with Crippen LogP contribution < -0.4 is 10.6 Å². The number of carbonyl (C=O) groups excluding carboxylic acids is 1. The quantitative estimate of drug-likeness (QED) is 0.766. The van der Waals surface area contributed by atoms with E-state index >= 15 is 0 Å². The van der Waals surface area contributed by atoms with Crippen molar-refractivity contribution in [3.05, 3.63) is 42.5 Å². The molecule has 0 aliphatic heterocycles. The number of rotatable bonds is 7.